The van der Waals surface area contributed by atoms with E-state index >= 15 is 0 Å². The number of hydrogen-bond donors (Lipinski definition) is 1. The quantitative estimate of drug-likeness (QED) is 0.556. The molecule has 1 aliphatic rings. The van der Waals surface area contributed by atoms with E-state index in [2.05, 4.69) is 5.32 Å². The molecule has 0 aromatic heterocycles. The molecule has 1 atom stereocenters. The molecular formula is C23H28ClN3O6S. The van der Waals surface area contributed by atoms with Crippen molar-refractivity contribution in [2.24, 2.45) is 0 Å². The molecule has 2 aromatic carbocycles. The van der Waals surface area contributed by atoms with Gasteiger partial charge < -0.3 is 19.7 Å². The number of rotatable bonds is 9. The Hall–Kier alpha value is -2.98. The van der Waals surface area contributed by atoms with E-state index in [4.69, 9.17) is 21.1 Å². The molecule has 0 fully saturated rings. The van der Waals surface area contributed by atoms with Crippen LogP contribution in [0.25, 0.3) is 0 Å². The summed E-state index contributed by atoms with van der Waals surface area (Å²) >= 11 is 6.09. The summed E-state index contributed by atoms with van der Waals surface area (Å²) in [5, 5.41) is 3.03. The molecule has 34 heavy (non-hydrogen) atoms. The van der Waals surface area contributed by atoms with E-state index in [1.165, 1.54) is 18.9 Å². The number of halogens is 1. The number of carbonyl (C=O) groups is 2. The Bertz CT molecular complexity index is 1160. The lowest BCUT2D eigenvalue weighted by molar-refractivity contribution is -0.139. The number of sulfonamides is 1. The molecule has 0 radical (unpaired) electrons. The van der Waals surface area contributed by atoms with E-state index in [-0.39, 0.29) is 23.9 Å². The van der Waals surface area contributed by atoms with Gasteiger partial charge in [0.15, 0.2) is 11.5 Å². The molecule has 0 aliphatic carbocycles. The highest BCUT2D eigenvalue weighted by atomic mass is 35.5. The van der Waals surface area contributed by atoms with Crippen molar-refractivity contribution in [3.63, 3.8) is 0 Å². The minimum atomic E-state index is -3.83. The first-order valence-corrected chi connectivity index (χ1v) is 12.8. The van der Waals surface area contributed by atoms with Gasteiger partial charge >= 0.3 is 0 Å². The predicted molar refractivity (Wildman–Crippen MR) is 130 cm³/mol. The van der Waals surface area contributed by atoms with Crippen molar-refractivity contribution in [1.82, 2.24) is 10.2 Å². The molecule has 184 valence electrons. The Morgan fingerprint density at radius 3 is 2.47 bits per heavy atom. The van der Waals surface area contributed by atoms with Crippen LogP contribution in [0.5, 0.6) is 11.5 Å². The maximum Gasteiger partial charge on any atom is 0.244 e. The summed E-state index contributed by atoms with van der Waals surface area (Å²) in [7, 11) is -2.36. The number of fused-ring (bicyclic) bond motifs is 1. The molecule has 0 saturated carbocycles. The summed E-state index contributed by atoms with van der Waals surface area (Å²) in [5.74, 6) is -0.218. The van der Waals surface area contributed by atoms with Gasteiger partial charge in [-0.15, -0.1) is 0 Å². The van der Waals surface area contributed by atoms with E-state index in [9.17, 15) is 18.0 Å². The summed E-state index contributed by atoms with van der Waals surface area (Å²) in [4.78, 5) is 27.2. The van der Waals surface area contributed by atoms with Crippen LogP contribution in [0.3, 0.4) is 0 Å². The SMILES string of the molecule is CCS(=O)(=O)N(CC(=O)N(Cc1cccc(Cl)c1)C(C)C(=O)NC)c1ccc2c(c1)OCCO2. The molecule has 2 aromatic rings. The van der Waals surface area contributed by atoms with E-state index in [0.717, 1.165) is 4.31 Å². The monoisotopic (exact) mass is 509 g/mol. The molecule has 3 rings (SSSR count). The van der Waals surface area contributed by atoms with Gasteiger partial charge in [0.05, 0.1) is 11.4 Å². The maximum absolute atomic E-state index is 13.5. The zero-order chi connectivity index (χ0) is 24.9. The van der Waals surface area contributed by atoms with E-state index in [1.807, 2.05) is 0 Å². The van der Waals surface area contributed by atoms with Crippen LogP contribution in [0, 0.1) is 0 Å². The fourth-order valence-corrected chi connectivity index (χ4v) is 4.80. The molecule has 1 unspecified atom stereocenters. The summed E-state index contributed by atoms with van der Waals surface area (Å²) in [6, 6.07) is 10.8. The third-order valence-electron chi connectivity index (χ3n) is 5.45. The second-order valence-corrected chi connectivity index (χ2v) is 10.3. The van der Waals surface area contributed by atoms with Crippen LogP contribution in [-0.4, -0.2) is 63.7 Å². The number of carbonyl (C=O) groups excluding carboxylic acids is 2. The zero-order valence-electron chi connectivity index (χ0n) is 19.3. The predicted octanol–water partition coefficient (Wildman–Crippen LogP) is 2.43. The first-order valence-electron chi connectivity index (χ1n) is 10.8. The highest BCUT2D eigenvalue weighted by Crippen LogP contribution is 2.35. The average Bonchev–Trinajstić information content (AvgIpc) is 2.84. The van der Waals surface area contributed by atoms with Gasteiger partial charge in [0.2, 0.25) is 21.8 Å². The Kier molecular flexibility index (Phi) is 8.27. The van der Waals surface area contributed by atoms with Gasteiger partial charge in [-0.05, 0) is 43.7 Å². The van der Waals surface area contributed by atoms with Crippen molar-refractivity contribution >= 4 is 39.1 Å². The van der Waals surface area contributed by atoms with Crippen molar-refractivity contribution in [3.8, 4) is 11.5 Å². The van der Waals surface area contributed by atoms with Crippen molar-refractivity contribution in [3.05, 3.63) is 53.1 Å². The number of likely N-dealkylation sites (N-methyl/N-ethyl adjacent to an activating group) is 1. The molecule has 9 nitrogen and oxygen atoms in total. The second kappa shape index (κ2) is 11.0. The molecule has 0 bridgehead atoms. The first kappa shape index (κ1) is 25.6. The molecule has 1 aliphatic heterocycles. The van der Waals surface area contributed by atoms with Crippen molar-refractivity contribution < 1.29 is 27.5 Å². The van der Waals surface area contributed by atoms with Crippen LogP contribution in [0.4, 0.5) is 5.69 Å². The summed E-state index contributed by atoms with van der Waals surface area (Å²) in [6.45, 7) is 3.42. The number of anilines is 1. The molecule has 0 spiro atoms. The lowest BCUT2D eigenvalue weighted by Gasteiger charge is -2.32. The van der Waals surface area contributed by atoms with Gasteiger partial charge in [-0.1, -0.05) is 23.7 Å². The van der Waals surface area contributed by atoms with Crippen LogP contribution in [0.15, 0.2) is 42.5 Å². The molecule has 11 heteroatoms. The Labute approximate surface area is 204 Å². The number of ether oxygens (including phenoxy) is 2. The lowest BCUT2D eigenvalue weighted by atomic mass is 10.1. The Balaban J connectivity index is 1.95. The molecule has 1 N–H and O–H groups in total. The summed E-state index contributed by atoms with van der Waals surface area (Å²) in [5.41, 5.74) is 0.982. The first-order chi connectivity index (χ1) is 16.2. The van der Waals surface area contributed by atoms with Gasteiger partial charge in [-0.2, -0.15) is 0 Å². The number of amides is 2. The fourth-order valence-electron chi connectivity index (χ4n) is 3.53. The summed E-state index contributed by atoms with van der Waals surface area (Å²) in [6.07, 6.45) is 0. The minimum Gasteiger partial charge on any atom is -0.486 e. The topological polar surface area (TPSA) is 105 Å². The van der Waals surface area contributed by atoms with E-state index < -0.39 is 28.5 Å². The second-order valence-electron chi connectivity index (χ2n) is 7.68. The number of benzene rings is 2. The third kappa shape index (κ3) is 5.92. The largest absolute Gasteiger partial charge is 0.486 e. The van der Waals surface area contributed by atoms with Gasteiger partial charge in [0.25, 0.3) is 0 Å². The van der Waals surface area contributed by atoms with Crippen LogP contribution >= 0.6 is 11.6 Å². The van der Waals surface area contributed by atoms with Gasteiger partial charge in [-0.25, -0.2) is 8.42 Å². The van der Waals surface area contributed by atoms with Crippen LogP contribution in [0.2, 0.25) is 5.02 Å². The number of hydrogen-bond acceptors (Lipinski definition) is 6. The number of nitrogens with one attached hydrogen (secondary N) is 1. The smallest absolute Gasteiger partial charge is 0.244 e. The van der Waals surface area contributed by atoms with E-state index in [1.54, 1.807) is 49.4 Å². The van der Waals surface area contributed by atoms with Crippen molar-refractivity contribution in [1.29, 1.82) is 0 Å². The normalized spacial score (nSPS) is 13.6. The fraction of sp³-hybridized carbons (Fsp3) is 0.391. The zero-order valence-corrected chi connectivity index (χ0v) is 20.9. The van der Waals surface area contributed by atoms with Gasteiger partial charge in [0.1, 0.15) is 25.8 Å². The average molecular weight is 510 g/mol. The standard InChI is InChI=1S/C23H28ClN3O6S/c1-4-34(30,31)27(19-8-9-20-21(13-19)33-11-10-32-20)15-22(28)26(16(2)23(29)25-3)14-17-6-5-7-18(24)12-17/h5-9,12-13,16H,4,10-11,14-15H2,1-3H3,(H,25,29). The molecule has 1 heterocycles. The Morgan fingerprint density at radius 2 is 1.82 bits per heavy atom. The number of nitrogens with zero attached hydrogens (tertiary/aromatic N) is 2. The highest BCUT2D eigenvalue weighted by Gasteiger charge is 2.31. The van der Waals surface area contributed by atoms with Crippen LogP contribution < -0.4 is 19.1 Å². The van der Waals surface area contributed by atoms with Gasteiger partial charge in [0, 0.05) is 24.7 Å². The van der Waals surface area contributed by atoms with E-state index in [0.29, 0.717) is 35.3 Å². The van der Waals surface area contributed by atoms with Crippen molar-refractivity contribution in [2.45, 2.75) is 26.4 Å². The Morgan fingerprint density at radius 1 is 1.12 bits per heavy atom. The molecule has 2 amide bonds. The molecule has 0 saturated heterocycles. The highest BCUT2D eigenvalue weighted by molar-refractivity contribution is 7.92. The van der Waals surface area contributed by atoms with Crippen LogP contribution in [-0.2, 0) is 26.2 Å². The summed E-state index contributed by atoms with van der Waals surface area (Å²) < 4.78 is 38.1. The maximum atomic E-state index is 13.5. The van der Waals surface area contributed by atoms with Crippen LogP contribution in [0.1, 0.15) is 19.4 Å². The minimum absolute atomic E-state index is 0.0785. The van der Waals surface area contributed by atoms with Crippen molar-refractivity contribution in [2.75, 3.05) is 36.9 Å². The lowest BCUT2D eigenvalue weighted by Crippen LogP contribution is -2.51. The van der Waals surface area contributed by atoms with Gasteiger partial charge in [-0.3, -0.25) is 13.9 Å². The third-order valence-corrected chi connectivity index (χ3v) is 7.43. The molecular weight excluding hydrogens is 482 g/mol.